The summed E-state index contributed by atoms with van der Waals surface area (Å²) in [6.07, 6.45) is 0. The molecular weight excluding hydrogens is 330 g/mol. The maximum Gasteiger partial charge on any atom is 0.407 e. The highest BCUT2D eigenvalue weighted by Crippen LogP contribution is 2.56. The van der Waals surface area contributed by atoms with Crippen molar-refractivity contribution in [3.8, 4) is 0 Å². The molecule has 22 heavy (non-hydrogen) atoms. The fraction of sp³-hybridized carbons (Fsp3) is 0.529. The smallest absolute Gasteiger partial charge is 0.379 e. The van der Waals surface area contributed by atoms with Gasteiger partial charge in [0.15, 0.2) is 0 Å². The van der Waals surface area contributed by atoms with E-state index in [1.807, 2.05) is 24.6 Å². The van der Waals surface area contributed by atoms with Crippen molar-refractivity contribution in [2.24, 2.45) is 5.92 Å². The molecule has 2 aliphatic heterocycles. The van der Waals surface area contributed by atoms with Gasteiger partial charge in [-0.05, 0) is 32.4 Å². The van der Waals surface area contributed by atoms with E-state index in [-0.39, 0.29) is 16.6 Å². The summed E-state index contributed by atoms with van der Waals surface area (Å²) in [7, 11) is 3.71. The molecule has 1 saturated heterocycles. The van der Waals surface area contributed by atoms with Crippen LogP contribution in [0.1, 0.15) is 44.7 Å². The van der Waals surface area contributed by atoms with Gasteiger partial charge in [-0.25, -0.2) is 4.79 Å². The van der Waals surface area contributed by atoms with E-state index >= 15 is 0 Å². The van der Waals surface area contributed by atoms with E-state index in [4.69, 9.17) is 0 Å². The Morgan fingerprint density at radius 3 is 2.77 bits per heavy atom. The van der Waals surface area contributed by atoms with Crippen LogP contribution in [-0.4, -0.2) is 20.1 Å². The molecule has 3 rings (SSSR count). The minimum absolute atomic E-state index is 0.0216. The van der Waals surface area contributed by atoms with Gasteiger partial charge in [-0.1, -0.05) is 42.3 Å². The Hall–Kier alpha value is -0.520. The fourth-order valence-electron chi connectivity index (χ4n) is 2.93. The van der Waals surface area contributed by atoms with Crippen molar-refractivity contribution in [3.63, 3.8) is 0 Å². The number of anilines is 1. The van der Waals surface area contributed by atoms with Crippen molar-refractivity contribution in [1.82, 2.24) is 0 Å². The van der Waals surface area contributed by atoms with E-state index in [2.05, 4.69) is 44.3 Å². The minimum Gasteiger partial charge on any atom is -0.379 e. The summed E-state index contributed by atoms with van der Waals surface area (Å²) < 4.78 is 1.26. The molecule has 0 aromatic heterocycles. The van der Waals surface area contributed by atoms with Crippen LogP contribution >= 0.6 is 21.6 Å². The second kappa shape index (κ2) is 5.84. The predicted molar refractivity (Wildman–Crippen MR) is 103 cm³/mol. The number of carbonyl (C=O) groups is 1. The summed E-state index contributed by atoms with van der Waals surface area (Å²) in [5.41, 5.74) is 3.87. The molecule has 1 aromatic rings. The summed E-state index contributed by atoms with van der Waals surface area (Å²) in [5.74, 6) is 0.419. The molecule has 1 N–H and O–H groups in total. The Kier molecular flexibility index (Phi) is 4.34. The fourth-order valence-corrected chi connectivity index (χ4v) is 8.18. The second-order valence-corrected chi connectivity index (χ2v) is 10.6. The Morgan fingerprint density at radius 1 is 1.36 bits per heavy atom. The number of rotatable bonds is 1. The van der Waals surface area contributed by atoms with Crippen molar-refractivity contribution < 1.29 is 4.79 Å². The van der Waals surface area contributed by atoms with Gasteiger partial charge in [0.1, 0.15) is 0 Å². The van der Waals surface area contributed by atoms with E-state index in [1.54, 1.807) is 10.8 Å². The number of aryl methyl sites for hydroxylation is 1. The topological polar surface area (TPSA) is 29.1 Å². The van der Waals surface area contributed by atoms with Crippen molar-refractivity contribution in [1.29, 1.82) is 0 Å². The van der Waals surface area contributed by atoms with Crippen molar-refractivity contribution in [2.45, 2.75) is 51.3 Å². The third-order valence-corrected chi connectivity index (χ3v) is 9.15. The summed E-state index contributed by atoms with van der Waals surface area (Å²) in [4.78, 5) is 12.2. The van der Waals surface area contributed by atoms with Crippen LogP contribution in [0.2, 0.25) is 0 Å². The number of benzene rings is 1. The Labute approximate surface area is 144 Å². The molecule has 1 fully saturated rings. The molecular formula is C17H22NOS3+. The van der Waals surface area contributed by atoms with E-state index in [9.17, 15) is 4.79 Å². The Morgan fingerprint density at radius 2 is 2.09 bits per heavy atom. The molecule has 0 aliphatic carbocycles. The first-order chi connectivity index (χ1) is 10.3. The predicted octanol–water partition coefficient (Wildman–Crippen LogP) is 4.44. The quantitative estimate of drug-likeness (QED) is 0.459. The normalized spacial score (nSPS) is 27.5. The van der Waals surface area contributed by atoms with E-state index in [0.29, 0.717) is 11.2 Å². The van der Waals surface area contributed by atoms with Gasteiger partial charge in [-0.2, -0.15) is 0 Å². The Balaban J connectivity index is 2.09. The van der Waals surface area contributed by atoms with Gasteiger partial charge in [-0.3, -0.25) is 0 Å². The highest BCUT2D eigenvalue weighted by atomic mass is 33.1. The van der Waals surface area contributed by atoms with Crippen LogP contribution in [0.25, 0.3) is 0 Å². The lowest BCUT2D eigenvalue weighted by atomic mass is 9.80. The number of fused-ring (bicyclic) bond motifs is 3. The lowest BCUT2D eigenvalue weighted by Crippen LogP contribution is -2.48. The molecule has 2 heterocycles. The van der Waals surface area contributed by atoms with Gasteiger partial charge >= 0.3 is 5.12 Å². The zero-order valence-electron chi connectivity index (χ0n) is 13.6. The summed E-state index contributed by atoms with van der Waals surface area (Å²) >= 11 is 1.46. The summed E-state index contributed by atoms with van der Waals surface area (Å²) in [6, 6.07) is 6.62. The largest absolute Gasteiger partial charge is 0.407 e. The molecule has 2 nitrogen and oxygen atoms in total. The standard InChI is InChI=1S/C17H22NOS3/c1-9(2)15(19)20-16-13-11-8-10(3)6-7-12(11)18-17(4,5)14(13)21-22-16/h6-9,13-14,18H,1-5H3/q+1/t13-,14+/m0/s1. The van der Waals surface area contributed by atoms with Gasteiger partial charge < -0.3 is 5.32 Å². The van der Waals surface area contributed by atoms with Crippen LogP contribution < -0.4 is 5.32 Å². The van der Waals surface area contributed by atoms with Crippen LogP contribution in [0.3, 0.4) is 0 Å². The summed E-state index contributed by atoms with van der Waals surface area (Å²) in [6.45, 7) is 10.6. The van der Waals surface area contributed by atoms with Gasteiger partial charge in [-0.15, -0.1) is 0 Å². The van der Waals surface area contributed by atoms with E-state index < -0.39 is 0 Å². The lowest BCUT2D eigenvalue weighted by Gasteiger charge is -2.41. The van der Waals surface area contributed by atoms with Gasteiger partial charge in [0, 0.05) is 22.0 Å². The molecule has 5 heteroatoms. The number of carbonyl (C=O) groups excluding carboxylic acids is 1. The van der Waals surface area contributed by atoms with Gasteiger partial charge in [0.25, 0.3) is 15.5 Å². The SMILES string of the molecule is Cc1ccc2c(c1)[C@@H]1C(=[S+]C(=O)C(C)C)SS[C@H]1C(C)(C)N2. The number of hydrogen-bond acceptors (Lipinski definition) is 4. The maximum atomic E-state index is 12.2. The third-order valence-electron chi connectivity index (χ3n) is 4.17. The number of hydrogen-bond donors (Lipinski definition) is 1. The second-order valence-electron chi connectivity index (χ2n) is 6.91. The summed E-state index contributed by atoms with van der Waals surface area (Å²) in [5, 5.41) is 4.42. The molecule has 118 valence electrons. The first-order valence-electron chi connectivity index (χ1n) is 7.60. The monoisotopic (exact) mass is 352 g/mol. The highest BCUT2D eigenvalue weighted by molar-refractivity contribution is 8.84. The van der Waals surface area contributed by atoms with Crippen molar-refractivity contribution in [3.05, 3.63) is 29.3 Å². The zero-order valence-corrected chi connectivity index (χ0v) is 16.0. The van der Waals surface area contributed by atoms with Crippen molar-refractivity contribution >= 4 is 47.9 Å². The van der Waals surface area contributed by atoms with Gasteiger partial charge in [0.2, 0.25) is 0 Å². The average molecular weight is 353 g/mol. The average Bonchev–Trinajstić information content (AvgIpc) is 2.84. The van der Waals surface area contributed by atoms with Crippen LogP contribution in [0.5, 0.6) is 0 Å². The molecule has 0 amide bonds. The van der Waals surface area contributed by atoms with E-state index in [0.717, 1.165) is 0 Å². The molecule has 1 aromatic carbocycles. The zero-order chi connectivity index (χ0) is 16.1. The molecule has 2 aliphatic rings. The van der Waals surface area contributed by atoms with Gasteiger partial charge in [0.05, 0.1) is 17.1 Å². The first-order valence-corrected chi connectivity index (χ1v) is 10.6. The highest BCUT2D eigenvalue weighted by Gasteiger charge is 2.53. The lowest BCUT2D eigenvalue weighted by molar-refractivity contribution is -0.113. The Bertz CT molecular complexity index is 651. The van der Waals surface area contributed by atoms with E-state index in [1.165, 1.54) is 32.4 Å². The number of nitrogens with one attached hydrogen (secondary N) is 1. The molecule has 2 atom stereocenters. The minimum atomic E-state index is 0.0216. The first kappa shape index (κ1) is 16.3. The van der Waals surface area contributed by atoms with Crippen LogP contribution in [0, 0.1) is 12.8 Å². The molecule has 0 unspecified atom stereocenters. The molecule has 0 radical (unpaired) electrons. The molecule has 0 saturated carbocycles. The van der Waals surface area contributed by atoms with Crippen LogP contribution in [0.4, 0.5) is 5.69 Å². The molecule has 0 spiro atoms. The van der Waals surface area contributed by atoms with Crippen molar-refractivity contribution in [2.75, 3.05) is 5.32 Å². The third kappa shape index (κ3) is 2.83. The maximum absolute atomic E-state index is 12.2. The van der Waals surface area contributed by atoms with Crippen LogP contribution in [0.15, 0.2) is 18.2 Å². The van der Waals surface area contributed by atoms with Crippen LogP contribution in [-0.2, 0) is 16.1 Å². The molecule has 0 bridgehead atoms.